The molecule has 0 radical (unpaired) electrons. The zero-order chi connectivity index (χ0) is 11.5. The molecular formula is C9H9N5O2. The highest BCUT2D eigenvalue weighted by Crippen LogP contribution is 2.01. The molecule has 4 N–H and O–H groups in total. The van der Waals surface area contributed by atoms with E-state index in [4.69, 9.17) is 5.73 Å². The molecule has 0 spiro atoms. The van der Waals surface area contributed by atoms with Crippen LogP contribution in [0.1, 0.15) is 5.82 Å². The minimum Gasteiger partial charge on any atom is -0.352 e. The lowest BCUT2D eigenvalue weighted by Gasteiger charge is -2.02. The summed E-state index contributed by atoms with van der Waals surface area (Å²) >= 11 is 0. The van der Waals surface area contributed by atoms with Gasteiger partial charge in [-0.15, -0.1) is 0 Å². The van der Waals surface area contributed by atoms with Gasteiger partial charge in [0.05, 0.1) is 11.9 Å². The first kappa shape index (κ1) is 10.1. The predicted molar refractivity (Wildman–Crippen MR) is 56.6 cm³/mol. The van der Waals surface area contributed by atoms with E-state index in [9.17, 15) is 9.59 Å². The lowest BCUT2D eigenvalue weighted by atomic mass is 10.3. The molecule has 0 fully saturated rings. The SMILES string of the molecule is NC(=O)NCc1nc2ncccc2c(=O)[nH]1. The molecule has 7 heteroatoms. The van der Waals surface area contributed by atoms with Gasteiger partial charge in [-0.05, 0) is 12.1 Å². The molecule has 0 aliphatic heterocycles. The number of fused-ring (bicyclic) bond motifs is 1. The van der Waals surface area contributed by atoms with E-state index >= 15 is 0 Å². The number of hydrogen-bond acceptors (Lipinski definition) is 4. The second-order valence-electron chi connectivity index (χ2n) is 3.10. The number of aromatic amines is 1. The largest absolute Gasteiger partial charge is 0.352 e. The van der Waals surface area contributed by atoms with Gasteiger partial charge in [0, 0.05) is 6.20 Å². The fraction of sp³-hybridized carbons (Fsp3) is 0.111. The van der Waals surface area contributed by atoms with Crippen LogP contribution in [0.5, 0.6) is 0 Å². The van der Waals surface area contributed by atoms with Gasteiger partial charge in [-0.3, -0.25) is 4.79 Å². The van der Waals surface area contributed by atoms with E-state index < -0.39 is 6.03 Å². The Labute approximate surface area is 89.7 Å². The summed E-state index contributed by atoms with van der Waals surface area (Å²) in [7, 11) is 0. The monoisotopic (exact) mass is 219 g/mol. The zero-order valence-electron chi connectivity index (χ0n) is 8.23. The Hall–Kier alpha value is -2.44. The topological polar surface area (TPSA) is 114 Å². The summed E-state index contributed by atoms with van der Waals surface area (Å²) in [5.74, 6) is 0.315. The third kappa shape index (κ3) is 1.97. The third-order valence-electron chi connectivity index (χ3n) is 1.96. The van der Waals surface area contributed by atoms with Gasteiger partial charge in [0.15, 0.2) is 5.65 Å². The fourth-order valence-corrected chi connectivity index (χ4v) is 1.27. The van der Waals surface area contributed by atoms with Crippen molar-refractivity contribution in [2.75, 3.05) is 0 Å². The number of nitrogens with zero attached hydrogens (tertiary/aromatic N) is 2. The van der Waals surface area contributed by atoms with Crippen molar-refractivity contribution < 1.29 is 4.79 Å². The molecule has 2 rings (SSSR count). The van der Waals surface area contributed by atoms with E-state index in [0.717, 1.165) is 0 Å². The molecule has 0 saturated heterocycles. The Morgan fingerprint density at radius 1 is 1.56 bits per heavy atom. The second kappa shape index (κ2) is 3.97. The highest BCUT2D eigenvalue weighted by atomic mass is 16.2. The number of carbonyl (C=O) groups is 1. The summed E-state index contributed by atoms with van der Waals surface area (Å²) in [6.07, 6.45) is 1.54. The number of carbonyl (C=O) groups excluding carboxylic acids is 1. The van der Waals surface area contributed by atoms with Gasteiger partial charge in [-0.25, -0.2) is 14.8 Å². The van der Waals surface area contributed by atoms with Crippen molar-refractivity contribution in [2.24, 2.45) is 5.73 Å². The van der Waals surface area contributed by atoms with Crippen LogP contribution in [-0.2, 0) is 6.54 Å². The number of H-pyrrole nitrogens is 1. The highest BCUT2D eigenvalue weighted by molar-refractivity contribution is 5.73. The third-order valence-corrected chi connectivity index (χ3v) is 1.96. The number of amides is 2. The average Bonchev–Trinajstić information content (AvgIpc) is 2.26. The number of nitrogens with two attached hydrogens (primary N) is 1. The molecule has 0 aliphatic rings. The van der Waals surface area contributed by atoms with E-state index in [1.165, 1.54) is 0 Å². The van der Waals surface area contributed by atoms with Crippen molar-refractivity contribution >= 4 is 17.1 Å². The molecule has 16 heavy (non-hydrogen) atoms. The number of urea groups is 1. The molecule has 2 amide bonds. The van der Waals surface area contributed by atoms with Crippen LogP contribution < -0.4 is 16.6 Å². The van der Waals surface area contributed by atoms with Crippen LogP contribution in [0.25, 0.3) is 11.0 Å². The maximum Gasteiger partial charge on any atom is 0.312 e. The van der Waals surface area contributed by atoms with Crippen LogP contribution in [0.4, 0.5) is 4.79 Å². The number of nitrogens with one attached hydrogen (secondary N) is 2. The average molecular weight is 219 g/mol. The summed E-state index contributed by atoms with van der Waals surface area (Å²) in [5.41, 5.74) is 4.95. The normalized spacial score (nSPS) is 10.2. The van der Waals surface area contributed by atoms with Crippen LogP contribution in [0, 0.1) is 0 Å². The number of rotatable bonds is 2. The Morgan fingerprint density at radius 2 is 2.38 bits per heavy atom. The molecule has 0 bridgehead atoms. The lowest BCUT2D eigenvalue weighted by Crippen LogP contribution is -2.30. The van der Waals surface area contributed by atoms with Gasteiger partial charge >= 0.3 is 6.03 Å². The maximum absolute atomic E-state index is 11.6. The van der Waals surface area contributed by atoms with Gasteiger partial charge in [0.25, 0.3) is 5.56 Å². The Bertz CT molecular complexity index is 592. The van der Waals surface area contributed by atoms with Crippen molar-refractivity contribution in [2.45, 2.75) is 6.54 Å². The van der Waals surface area contributed by atoms with E-state index in [-0.39, 0.29) is 12.1 Å². The van der Waals surface area contributed by atoms with Crippen LogP contribution >= 0.6 is 0 Å². The molecule has 2 aromatic rings. The summed E-state index contributed by atoms with van der Waals surface area (Å²) in [6.45, 7) is 0.0666. The molecule has 0 unspecified atom stereocenters. The summed E-state index contributed by atoms with van der Waals surface area (Å²) in [6, 6.07) is 2.60. The van der Waals surface area contributed by atoms with Crippen LogP contribution in [0.2, 0.25) is 0 Å². The Morgan fingerprint density at radius 3 is 3.12 bits per heavy atom. The molecule has 0 atom stereocenters. The van der Waals surface area contributed by atoms with E-state index in [1.807, 2.05) is 0 Å². The van der Waals surface area contributed by atoms with Gasteiger partial charge in [0.1, 0.15) is 5.82 Å². The minimum atomic E-state index is -0.677. The van der Waals surface area contributed by atoms with Gasteiger partial charge in [-0.1, -0.05) is 0 Å². The van der Waals surface area contributed by atoms with Crippen molar-refractivity contribution in [3.8, 4) is 0 Å². The van der Waals surface area contributed by atoms with Gasteiger partial charge in [-0.2, -0.15) is 0 Å². The number of aromatic nitrogens is 3. The Balaban J connectivity index is 2.42. The molecule has 0 aliphatic carbocycles. The molecule has 0 saturated carbocycles. The lowest BCUT2D eigenvalue weighted by molar-refractivity contribution is 0.248. The number of pyridine rings is 1. The molecular weight excluding hydrogens is 210 g/mol. The minimum absolute atomic E-state index is 0.0666. The summed E-state index contributed by atoms with van der Waals surface area (Å²) in [4.78, 5) is 32.6. The van der Waals surface area contributed by atoms with Crippen molar-refractivity contribution in [3.05, 3.63) is 34.5 Å². The Kier molecular flexibility index (Phi) is 2.50. The smallest absolute Gasteiger partial charge is 0.312 e. The van der Waals surface area contributed by atoms with Crippen molar-refractivity contribution in [1.82, 2.24) is 20.3 Å². The van der Waals surface area contributed by atoms with E-state index in [1.54, 1.807) is 18.3 Å². The molecule has 0 aromatic carbocycles. The van der Waals surface area contributed by atoms with Crippen molar-refractivity contribution in [1.29, 1.82) is 0 Å². The van der Waals surface area contributed by atoms with E-state index in [0.29, 0.717) is 16.9 Å². The highest BCUT2D eigenvalue weighted by Gasteiger charge is 2.04. The maximum atomic E-state index is 11.6. The molecule has 7 nitrogen and oxygen atoms in total. The predicted octanol–water partition coefficient (Wildman–Crippen LogP) is -0.514. The van der Waals surface area contributed by atoms with Gasteiger partial charge in [0.2, 0.25) is 0 Å². The fourth-order valence-electron chi connectivity index (χ4n) is 1.27. The van der Waals surface area contributed by atoms with Crippen LogP contribution in [0.3, 0.4) is 0 Å². The first-order valence-corrected chi connectivity index (χ1v) is 4.54. The second-order valence-corrected chi connectivity index (χ2v) is 3.10. The van der Waals surface area contributed by atoms with E-state index in [2.05, 4.69) is 20.3 Å². The summed E-state index contributed by atoms with van der Waals surface area (Å²) in [5, 5.41) is 2.74. The van der Waals surface area contributed by atoms with Crippen molar-refractivity contribution in [3.63, 3.8) is 0 Å². The van der Waals surface area contributed by atoms with Crippen LogP contribution in [0.15, 0.2) is 23.1 Å². The molecule has 82 valence electrons. The van der Waals surface area contributed by atoms with Crippen LogP contribution in [-0.4, -0.2) is 21.0 Å². The number of hydrogen-bond donors (Lipinski definition) is 3. The first-order chi connectivity index (χ1) is 7.66. The quantitative estimate of drug-likeness (QED) is 0.630. The molecule has 2 heterocycles. The number of primary amides is 1. The summed E-state index contributed by atoms with van der Waals surface area (Å²) < 4.78 is 0. The standard InChI is InChI=1S/C9H9N5O2/c10-9(16)12-4-6-13-7-5(8(15)14-6)2-1-3-11-7/h1-3H,4H2,(H3,10,12,16)(H,11,13,14,15). The zero-order valence-corrected chi connectivity index (χ0v) is 8.23. The van der Waals surface area contributed by atoms with Gasteiger partial charge < -0.3 is 16.0 Å². The first-order valence-electron chi connectivity index (χ1n) is 4.54. The molecule has 2 aromatic heterocycles.